The standard InChI is InChI=1S/C23H26FN5O7/c1-14(30)25-12-17-13-28(23(32)35-17)16-3-4-19(18(24)11-16)27-9-7-15(8-10-27)26(2)22(31)20-5-6-21(36-20)29(33)34/h3-6,11,15,17H,7-10,12-13H2,1-2H3,(H,25,30)/t17-/m0/s1. The summed E-state index contributed by atoms with van der Waals surface area (Å²) in [6.45, 7) is 2.72. The van der Waals surface area contributed by atoms with E-state index >= 15 is 4.39 Å². The first-order valence-corrected chi connectivity index (χ1v) is 11.4. The molecule has 12 nitrogen and oxygen atoms in total. The van der Waals surface area contributed by atoms with Crippen molar-refractivity contribution in [3.05, 3.63) is 52.0 Å². The maximum Gasteiger partial charge on any atom is 0.433 e. The molecule has 0 bridgehead atoms. The van der Waals surface area contributed by atoms with Gasteiger partial charge in [0.25, 0.3) is 5.91 Å². The van der Waals surface area contributed by atoms with Gasteiger partial charge in [-0.25, -0.2) is 9.18 Å². The van der Waals surface area contributed by atoms with Crippen molar-refractivity contribution in [2.24, 2.45) is 0 Å². The molecule has 1 aromatic carbocycles. The Labute approximate surface area is 205 Å². The number of piperidine rings is 1. The van der Waals surface area contributed by atoms with Crippen LogP contribution in [0.1, 0.15) is 30.3 Å². The van der Waals surface area contributed by atoms with Crippen LogP contribution in [-0.4, -0.2) is 73.1 Å². The third-order valence-corrected chi connectivity index (χ3v) is 6.35. The van der Waals surface area contributed by atoms with Gasteiger partial charge in [-0.15, -0.1) is 0 Å². The number of nitrogens with one attached hydrogen (secondary N) is 1. The first-order chi connectivity index (χ1) is 17.1. The SMILES string of the molecule is CC(=O)NC[C@H]1CN(c2ccc(N3CCC(N(C)C(=O)c4ccc([N+](=O)[O-])o4)CC3)c(F)c2)C(=O)O1. The molecule has 0 radical (unpaired) electrons. The number of hydrogen-bond donors (Lipinski definition) is 1. The molecule has 2 aromatic rings. The molecule has 36 heavy (non-hydrogen) atoms. The normalized spacial score (nSPS) is 18.2. The molecule has 2 aliphatic rings. The van der Waals surface area contributed by atoms with Crippen LogP contribution in [0.2, 0.25) is 0 Å². The zero-order valence-corrected chi connectivity index (χ0v) is 19.8. The number of anilines is 2. The number of rotatable bonds is 7. The molecule has 0 unspecified atom stereocenters. The lowest BCUT2D eigenvalue weighted by atomic mass is 10.0. The zero-order valence-electron chi connectivity index (χ0n) is 19.8. The molecule has 13 heteroatoms. The second kappa shape index (κ2) is 10.2. The van der Waals surface area contributed by atoms with Gasteiger partial charge in [0.15, 0.2) is 5.76 Å². The highest BCUT2D eigenvalue weighted by Crippen LogP contribution is 2.30. The lowest BCUT2D eigenvalue weighted by Crippen LogP contribution is -2.45. The summed E-state index contributed by atoms with van der Waals surface area (Å²) in [7, 11) is 1.61. The fraction of sp³-hybridized carbons (Fsp3) is 0.435. The van der Waals surface area contributed by atoms with Crippen LogP contribution < -0.4 is 15.1 Å². The van der Waals surface area contributed by atoms with E-state index in [1.807, 2.05) is 4.90 Å². The molecule has 1 N–H and O–H groups in total. The first kappa shape index (κ1) is 24.9. The minimum Gasteiger partial charge on any atom is -0.442 e. The van der Waals surface area contributed by atoms with Gasteiger partial charge in [-0.3, -0.25) is 24.6 Å². The largest absolute Gasteiger partial charge is 0.442 e. The summed E-state index contributed by atoms with van der Waals surface area (Å²) in [6.07, 6.45) is 0.00785. The van der Waals surface area contributed by atoms with Gasteiger partial charge in [0.2, 0.25) is 5.91 Å². The van der Waals surface area contributed by atoms with Crippen LogP contribution in [0, 0.1) is 15.9 Å². The molecule has 2 aliphatic heterocycles. The second-order valence-electron chi connectivity index (χ2n) is 8.72. The molecule has 2 fully saturated rings. The first-order valence-electron chi connectivity index (χ1n) is 11.4. The molecular formula is C23H26FN5O7. The predicted molar refractivity (Wildman–Crippen MR) is 125 cm³/mol. The van der Waals surface area contributed by atoms with E-state index in [1.54, 1.807) is 19.2 Å². The third-order valence-electron chi connectivity index (χ3n) is 6.35. The lowest BCUT2D eigenvalue weighted by Gasteiger charge is -2.37. The number of nitrogens with zero attached hydrogens (tertiary/aromatic N) is 4. The number of nitro groups is 1. The van der Waals surface area contributed by atoms with E-state index in [-0.39, 0.29) is 30.8 Å². The van der Waals surface area contributed by atoms with Crippen molar-refractivity contribution >= 4 is 35.2 Å². The van der Waals surface area contributed by atoms with Crippen LogP contribution in [0.15, 0.2) is 34.7 Å². The quantitative estimate of drug-likeness (QED) is 0.449. The Hall–Kier alpha value is -4.16. The highest BCUT2D eigenvalue weighted by Gasteiger charge is 2.33. The minimum atomic E-state index is -0.702. The van der Waals surface area contributed by atoms with E-state index in [4.69, 9.17) is 9.15 Å². The van der Waals surface area contributed by atoms with Gasteiger partial charge < -0.3 is 24.3 Å². The molecule has 0 spiro atoms. The molecule has 3 amide bonds. The predicted octanol–water partition coefficient (Wildman–Crippen LogP) is 2.53. The topological polar surface area (TPSA) is 138 Å². The van der Waals surface area contributed by atoms with Crippen molar-refractivity contribution in [1.82, 2.24) is 10.2 Å². The highest BCUT2D eigenvalue weighted by atomic mass is 19.1. The van der Waals surface area contributed by atoms with Crippen molar-refractivity contribution in [1.29, 1.82) is 0 Å². The number of hydrogen-bond acceptors (Lipinski definition) is 8. The molecule has 2 saturated heterocycles. The Morgan fingerprint density at radius 3 is 2.58 bits per heavy atom. The van der Waals surface area contributed by atoms with Gasteiger partial charge in [0.05, 0.1) is 30.5 Å². The van der Waals surface area contributed by atoms with Crippen molar-refractivity contribution in [3.63, 3.8) is 0 Å². The summed E-state index contributed by atoms with van der Waals surface area (Å²) in [6, 6.07) is 6.81. The van der Waals surface area contributed by atoms with Crippen molar-refractivity contribution in [2.45, 2.75) is 31.9 Å². The van der Waals surface area contributed by atoms with Crippen LogP contribution in [0.5, 0.6) is 0 Å². The number of benzene rings is 1. The number of carbonyl (C=O) groups is 3. The zero-order chi connectivity index (χ0) is 26.0. The number of furan rings is 1. The van der Waals surface area contributed by atoms with Gasteiger partial charge >= 0.3 is 12.0 Å². The van der Waals surface area contributed by atoms with E-state index in [9.17, 15) is 24.5 Å². The highest BCUT2D eigenvalue weighted by molar-refractivity contribution is 5.92. The Morgan fingerprint density at radius 2 is 1.97 bits per heavy atom. The summed E-state index contributed by atoms with van der Waals surface area (Å²) in [5, 5.41) is 13.4. The van der Waals surface area contributed by atoms with Crippen LogP contribution >= 0.6 is 0 Å². The number of cyclic esters (lactones) is 1. The minimum absolute atomic E-state index is 0.104. The molecule has 0 aliphatic carbocycles. The number of amides is 3. The fourth-order valence-corrected chi connectivity index (χ4v) is 4.39. The van der Waals surface area contributed by atoms with Gasteiger partial charge in [-0.2, -0.15) is 0 Å². The molecule has 4 rings (SSSR count). The Bertz CT molecular complexity index is 1180. The number of carbonyl (C=O) groups excluding carboxylic acids is 3. The van der Waals surface area contributed by atoms with Crippen molar-refractivity contribution < 1.29 is 32.9 Å². The number of ether oxygens (including phenoxy) is 1. The Kier molecular flexibility index (Phi) is 7.08. The maximum atomic E-state index is 15.0. The van der Waals surface area contributed by atoms with Crippen LogP contribution in [0.25, 0.3) is 0 Å². The number of halogens is 1. The third kappa shape index (κ3) is 5.24. The summed E-state index contributed by atoms with van der Waals surface area (Å²) >= 11 is 0. The lowest BCUT2D eigenvalue weighted by molar-refractivity contribution is -0.402. The van der Waals surface area contributed by atoms with E-state index in [0.717, 1.165) is 6.07 Å². The van der Waals surface area contributed by atoms with Gasteiger partial charge in [0.1, 0.15) is 16.8 Å². The molecule has 192 valence electrons. The van der Waals surface area contributed by atoms with Crippen LogP contribution in [0.3, 0.4) is 0 Å². The molecule has 0 saturated carbocycles. The average Bonchev–Trinajstić information content (AvgIpc) is 3.49. The van der Waals surface area contributed by atoms with E-state index < -0.39 is 34.7 Å². The van der Waals surface area contributed by atoms with Gasteiger partial charge in [-0.1, -0.05) is 0 Å². The van der Waals surface area contributed by atoms with Gasteiger partial charge in [0, 0.05) is 33.1 Å². The average molecular weight is 503 g/mol. The Morgan fingerprint density at radius 1 is 1.25 bits per heavy atom. The van der Waals surface area contributed by atoms with Crippen LogP contribution in [0.4, 0.5) is 26.4 Å². The summed E-state index contributed by atoms with van der Waals surface area (Å²) in [4.78, 5) is 50.7. The molecule has 1 aromatic heterocycles. The monoisotopic (exact) mass is 503 g/mol. The molecule has 1 atom stereocenters. The van der Waals surface area contributed by atoms with Crippen molar-refractivity contribution in [2.75, 3.05) is 43.0 Å². The van der Waals surface area contributed by atoms with E-state index in [2.05, 4.69) is 5.32 Å². The molecular weight excluding hydrogens is 477 g/mol. The fourth-order valence-electron chi connectivity index (χ4n) is 4.39. The maximum absolute atomic E-state index is 15.0. The van der Waals surface area contributed by atoms with E-state index in [1.165, 1.54) is 28.9 Å². The second-order valence-corrected chi connectivity index (χ2v) is 8.72. The summed E-state index contributed by atoms with van der Waals surface area (Å²) in [5.41, 5.74) is 0.745. The van der Waals surface area contributed by atoms with Crippen LogP contribution in [-0.2, 0) is 9.53 Å². The Balaban J connectivity index is 1.35. The summed E-state index contributed by atoms with van der Waals surface area (Å²) in [5.74, 6) is -1.77. The van der Waals surface area contributed by atoms with E-state index in [0.29, 0.717) is 37.3 Å². The summed E-state index contributed by atoms with van der Waals surface area (Å²) < 4.78 is 25.3. The molecule has 3 heterocycles. The smallest absolute Gasteiger partial charge is 0.433 e. The van der Waals surface area contributed by atoms with Gasteiger partial charge in [-0.05, 0) is 37.1 Å². The van der Waals surface area contributed by atoms with Crippen molar-refractivity contribution in [3.8, 4) is 0 Å².